The maximum atomic E-state index is 13.9. The monoisotopic (exact) mass is 245 g/mol. The molecule has 0 spiro atoms. The first-order chi connectivity index (χ1) is 7.59. The Bertz CT molecular complexity index is 400. The van der Waals surface area contributed by atoms with Gasteiger partial charge in [-0.1, -0.05) is 24.4 Å². The fourth-order valence-corrected chi connectivity index (χ4v) is 2.78. The highest BCUT2D eigenvalue weighted by atomic mass is 35.5. The summed E-state index contributed by atoms with van der Waals surface area (Å²) in [4.78, 5) is 0. The molecule has 0 atom stereocenters. The van der Waals surface area contributed by atoms with E-state index in [4.69, 9.17) is 17.3 Å². The molecule has 1 nitrogen and oxygen atoms in total. The van der Waals surface area contributed by atoms with Crippen LogP contribution in [-0.4, -0.2) is 6.54 Å². The molecule has 0 aromatic heterocycles. The molecule has 1 aromatic rings. The van der Waals surface area contributed by atoms with Crippen molar-refractivity contribution in [1.29, 1.82) is 0 Å². The third-order valence-electron chi connectivity index (χ3n) is 3.52. The van der Waals surface area contributed by atoms with Crippen molar-refractivity contribution in [2.75, 3.05) is 6.54 Å². The van der Waals surface area contributed by atoms with Crippen molar-refractivity contribution in [1.82, 2.24) is 0 Å². The molecule has 0 saturated heterocycles. The van der Waals surface area contributed by atoms with E-state index in [1.807, 2.05) is 0 Å². The van der Waals surface area contributed by atoms with Crippen LogP contribution in [0, 0.1) is 11.6 Å². The molecule has 1 fully saturated rings. The molecule has 4 heteroatoms. The number of halogens is 3. The van der Waals surface area contributed by atoms with E-state index >= 15 is 0 Å². The summed E-state index contributed by atoms with van der Waals surface area (Å²) in [5.41, 5.74) is 5.66. The minimum absolute atomic E-state index is 0.158. The van der Waals surface area contributed by atoms with Crippen molar-refractivity contribution in [3.05, 3.63) is 34.4 Å². The normalized spacial score (nSPS) is 19.0. The highest BCUT2D eigenvalue weighted by Gasteiger charge is 2.37. The molecule has 2 N–H and O–H groups in total. The van der Waals surface area contributed by atoms with Gasteiger partial charge >= 0.3 is 0 Å². The van der Waals surface area contributed by atoms with Gasteiger partial charge in [-0.05, 0) is 30.5 Å². The summed E-state index contributed by atoms with van der Waals surface area (Å²) in [6, 6.07) is 2.24. The summed E-state index contributed by atoms with van der Waals surface area (Å²) in [7, 11) is 0. The lowest BCUT2D eigenvalue weighted by atomic mass is 9.78. The Balaban J connectivity index is 2.53. The molecule has 0 unspecified atom stereocenters. The average molecular weight is 246 g/mol. The average Bonchev–Trinajstić information content (AvgIpc) is 2.73. The molecular weight excluding hydrogens is 232 g/mol. The molecule has 0 radical (unpaired) electrons. The van der Waals surface area contributed by atoms with Crippen LogP contribution in [0.4, 0.5) is 8.78 Å². The number of rotatable bonds is 2. The lowest BCUT2D eigenvalue weighted by molar-refractivity contribution is 0.423. The fraction of sp³-hybridized carbons (Fsp3) is 0.500. The Hall–Kier alpha value is -0.670. The summed E-state index contributed by atoms with van der Waals surface area (Å²) >= 11 is 5.66. The van der Waals surface area contributed by atoms with E-state index in [0.29, 0.717) is 12.1 Å². The zero-order chi connectivity index (χ0) is 11.8. The second-order valence-corrected chi connectivity index (χ2v) is 4.85. The molecular formula is C12H14ClF2N. The SMILES string of the molecule is NCC1(c2cc(F)cc(Cl)c2F)CCCC1. The van der Waals surface area contributed by atoms with Gasteiger partial charge in [-0.2, -0.15) is 0 Å². The Labute approximate surface area is 98.6 Å². The van der Waals surface area contributed by atoms with Crippen molar-refractivity contribution in [2.45, 2.75) is 31.1 Å². The third kappa shape index (κ3) is 1.82. The lowest BCUT2D eigenvalue weighted by Crippen LogP contribution is -2.33. The van der Waals surface area contributed by atoms with Gasteiger partial charge in [0.2, 0.25) is 0 Å². The molecule has 2 rings (SSSR count). The van der Waals surface area contributed by atoms with E-state index in [1.165, 1.54) is 6.07 Å². The highest BCUT2D eigenvalue weighted by molar-refractivity contribution is 6.30. The van der Waals surface area contributed by atoms with Crippen LogP contribution < -0.4 is 5.73 Å². The van der Waals surface area contributed by atoms with Gasteiger partial charge in [0.25, 0.3) is 0 Å². The molecule has 1 aliphatic rings. The van der Waals surface area contributed by atoms with Gasteiger partial charge in [-0.3, -0.25) is 0 Å². The summed E-state index contributed by atoms with van der Waals surface area (Å²) in [5.74, 6) is -1.02. The molecule has 1 aliphatic carbocycles. The van der Waals surface area contributed by atoms with Crippen molar-refractivity contribution in [2.24, 2.45) is 5.73 Å². The van der Waals surface area contributed by atoms with Gasteiger partial charge in [0, 0.05) is 12.0 Å². The van der Waals surface area contributed by atoms with Crippen LogP contribution in [0.1, 0.15) is 31.2 Å². The zero-order valence-electron chi connectivity index (χ0n) is 8.90. The van der Waals surface area contributed by atoms with Crippen LogP contribution in [0.25, 0.3) is 0 Å². The van der Waals surface area contributed by atoms with Gasteiger partial charge in [0.05, 0.1) is 5.02 Å². The largest absolute Gasteiger partial charge is 0.330 e. The third-order valence-corrected chi connectivity index (χ3v) is 3.79. The Morgan fingerprint density at radius 2 is 1.88 bits per heavy atom. The first kappa shape index (κ1) is 11.8. The molecule has 0 aliphatic heterocycles. The van der Waals surface area contributed by atoms with Gasteiger partial charge in [0.1, 0.15) is 11.6 Å². The van der Waals surface area contributed by atoms with Crippen LogP contribution in [0.3, 0.4) is 0 Å². The topological polar surface area (TPSA) is 26.0 Å². The number of hydrogen-bond acceptors (Lipinski definition) is 1. The van der Waals surface area contributed by atoms with Crippen LogP contribution in [-0.2, 0) is 5.41 Å². The van der Waals surface area contributed by atoms with Gasteiger partial charge in [-0.25, -0.2) is 8.78 Å². The second-order valence-electron chi connectivity index (χ2n) is 4.44. The van der Waals surface area contributed by atoms with Crippen LogP contribution in [0.2, 0.25) is 5.02 Å². The lowest BCUT2D eigenvalue weighted by Gasteiger charge is -2.28. The summed E-state index contributed by atoms with van der Waals surface area (Å²) < 4.78 is 27.2. The molecule has 0 heterocycles. The summed E-state index contributed by atoms with van der Waals surface area (Å²) in [6.07, 6.45) is 3.62. The Kier molecular flexibility index (Phi) is 3.17. The number of hydrogen-bond donors (Lipinski definition) is 1. The maximum absolute atomic E-state index is 13.9. The maximum Gasteiger partial charge on any atom is 0.145 e. The van der Waals surface area contributed by atoms with Crippen molar-refractivity contribution in [3.63, 3.8) is 0 Å². The van der Waals surface area contributed by atoms with Crippen LogP contribution in [0.5, 0.6) is 0 Å². The molecule has 0 amide bonds. The van der Waals surface area contributed by atoms with E-state index in [0.717, 1.165) is 31.7 Å². The Morgan fingerprint density at radius 3 is 2.44 bits per heavy atom. The second kappa shape index (κ2) is 4.30. The van der Waals surface area contributed by atoms with E-state index < -0.39 is 17.0 Å². The quantitative estimate of drug-likeness (QED) is 0.795. The van der Waals surface area contributed by atoms with Crippen molar-refractivity contribution >= 4 is 11.6 Å². The van der Waals surface area contributed by atoms with Gasteiger partial charge in [0.15, 0.2) is 0 Å². The Morgan fingerprint density at radius 1 is 1.25 bits per heavy atom. The first-order valence-electron chi connectivity index (χ1n) is 5.44. The minimum atomic E-state index is -0.518. The van der Waals surface area contributed by atoms with Gasteiger partial charge < -0.3 is 5.73 Å². The summed E-state index contributed by atoms with van der Waals surface area (Å²) in [6.45, 7) is 0.337. The highest BCUT2D eigenvalue weighted by Crippen LogP contribution is 2.42. The first-order valence-corrected chi connectivity index (χ1v) is 5.82. The zero-order valence-corrected chi connectivity index (χ0v) is 9.66. The summed E-state index contributed by atoms with van der Waals surface area (Å²) in [5, 5.41) is -0.158. The van der Waals surface area contributed by atoms with E-state index in [2.05, 4.69) is 0 Å². The standard InChI is InChI=1S/C12H14ClF2N/c13-10-6-8(14)5-9(11(10)15)12(7-16)3-1-2-4-12/h5-6H,1-4,7,16H2. The van der Waals surface area contributed by atoms with Gasteiger partial charge in [-0.15, -0.1) is 0 Å². The van der Waals surface area contributed by atoms with Crippen LogP contribution >= 0.6 is 11.6 Å². The van der Waals surface area contributed by atoms with E-state index in [1.54, 1.807) is 0 Å². The van der Waals surface area contributed by atoms with Crippen molar-refractivity contribution in [3.8, 4) is 0 Å². The predicted molar refractivity (Wildman–Crippen MR) is 60.6 cm³/mol. The number of benzene rings is 1. The molecule has 16 heavy (non-hydrogen) atoms. The molecule has 1 aromatic carbocycles. The molecule has 0 bridgehead atoms. The number of nitrogens with two attached hydrogens (primary N) is 1. The fourth-order valence-electron chi connectivity index (χ4n) is 2.58. The minimum Gasteiger partial charge on any atom is -0.330 e. The smallest absolute Gasteiger partial charge is 0.145 e. The molecule has 1 saturated carbocycles. The van der Waals surface area contributed by atoms with Crippen LogP contribution in [0.15, 0.2) is 12.1 Å². The van der Waals surface area contributed by atoms with Crippen molar-refractivity contribution < 1.29 is 8.78 Å². The van der Waals surface area contributed by atoms with E-state index in [-0.39, 0.29) is 5.02 Å². The predicted octanol–water partition coefficient (Wildman–Crippen LogP) is 3.39. The van der Waals surface area contributed by atoms with E-state index in [9.17, 15) is 8.78 Å². The molecule has 88 valence electrons.